The summed E-state index contributed by atoms with van der Waals surface area (Å²) < 4.78 is 0. The minimum atomic E-state index is 0.629. The molecule has 0 aromatic heterocycles. The third kappa shape index (κ3) is 2.34. The minimum absolute atomic E-state index is 0.629. The Labute approximate surface area is 86.1 Å². The van der Waals surface area contributed by atoms with Crippen LogP contribution in [0.15, 0.2) is 0 Å². The molecule has 0 saturated carbocycles. The first-order chi connectivity index (χ1) is 6.90. The molecule has 3 heteroatoms. The van der Waals surface area contributed by atoms with Gasteiger partial charge in [-0.3, -0.25) is 9.80 Å². The first kappa shape index (κ1) is 10.1. The molecule has 0 amide bonds. The molecular weight excluding hydrogens is 176 g/mol. The van der Waals surface area contributed by atoms with Crippen LogP contribution in [0, 0.1) is 0 Å². The number of hydrogen-bond acceptors (Lipinski definition) is 3. The van der Waals surface area contributed by atoms with Crippen LogP contribution in [0.25, 0.3) is 0 Å². The van der Waals surface area contributed by atoms with Gasteiger partial charge in [-0.2, -0.15) is 0 Å². The van der Waals surface area contributed by atoms with Gasteiger partial charge in [-0.05, 0) is 32.4 Å². The summed E-state index contributed by atoms with van der Waals surface area (Å²) in [6.45, 7) is 5.40. The van der Waals surface area contributed by atoms with Gasteiger partial charge in [0.2, 0.25) is 0 Å². The van der Waals surface area contributed by atoms with Crippen molar-refractivity contribution in [2.75, 3.05) is 32.7 Å². The average Bonchev–Trinajstić information content (AvgIpc) is 2.68. The van der Waals surface area contributed by atoms with E-state index in [2.05, 4.69) is 9.80 Å². The summed E-state index contributed by atoms with van der Waals surface area (Å²) in [6.07, 6.45) is 6.42. The molecule has 80 valence electrons. The number of piperidine rings is 1. The monoisotopic (exact) mass is 196 g/mol. The third-order valence-electron chi connectivity index (χ3n) is 3.49. The van der Waals surface area contributed by atoms with Gasteiger partial charge in [0.25, 0.3) is 0 Å². The van der Waals surface area contributed by atoms with Crippen LogP contribution >= 0.6 is 0 Å². The van der Waals surface area contributed by atoms with Crippen molar-refractivity contribution >= 4 is 6.29 Å². The van der Waals surface area contributed by atoms with E-state index in [9.17, 15) is 4.79 Å². The fourth-order valence-electron chi connectivity index (χ4n) is 2.67. The second-order valence-electron chi connectivity index (χ2n) is 4.47. The number of carbonyl (C=O) groups excluding carboxylic acids is 1. The van der Waals surface area contributed by atoms with Crippen molar-refractivity contribution in [1.29, 1.82) is 0 Å². The third-order valence-corrected chi connectivity index (χ3v) is 3.49. The molecule has 2 fully saturated rings. The predicted octanol–water partition coefficient (Wildman–Crippen LogP) is 0.745. The Kier molecular flexibility index (Phi) is 3.54. The molecular formula is C11H20N2O. The van der Waals surface area contributed by atoms with E-state index in [1.807, 2.05) is 0 Å². The zero-order valence-corrected chi connectivity index (χ0v) is 8.82. The maximum absolute atomic E-state index is 10.4. The van der Waals surface area contributed by atoms with Crippen molar-refractivity contribution in [1.82, 2.24) is 9.80 Å². The standard InChI is InChI=1S/C11H20N2O/c14-9-8-12-7-4-11(10-12)13-5-2-1-3-6-13/h9,11H,1-8,10H2. The van der Waals surface area contributed by atoms with E-state index in [-0.39, 0.29) is 0 Å². The quantitative estimate of drug-likeness (QED) is 0.622. The lowest BCUT2D eigenvalue weighted by atomic mass is 10.1. The Morgan fingerprint density at radius 2 is 1.93 bits per heavy atom. The Morgan fingerprint density at radius 1 is 1.14 bits per heavy atom. The average molecular weight is 196 g/mol. The Balaban J connectivity index is 1.78. The lowest BCUT2D eigenvalue weighted by Crippen LogP contribution is -2.41. The van der Waals surface area contributed by atoms with Crippen molar-refractivity contribution in [3.8, 4) is 0 Å². The van der Waals surface area contributed by atoms with E-state index in [1.165, 1.54) is 38.8 Å². The van der Waals surface area contributed by atoms with Crippen LogP contribution < -0.4 is 0 Å². The van der Waals surface area contributed by atoms with Gasteiger partial charge in [-0.15, -0.1) is 0 Å². The molecule has 2 rings (SSSR count). The summed E-state index contributed by atoms with van der Waals surface area (Å²) in [5.74, 6) is 0. The van der Waals surface area contributed by atoms with Crippen LogP contribution in [0.4, 0.5) is 0 Å². The van der Waals surface area contributed by atoms with Gasteiger partial charge in [0.05, 0.1) is 6.54 Å². The van der Waals surface area contributed by atoms with Gasteiger partial charge in [-0.25, -0.2) is 0 Å². The molecule has 0 aromatic rings. The summed E-state index contributed by atoms with van der Waals surface area (Å²) in [7, 11) is 0. The van der Waals surface area contributed by atoms with E-state index < -0.39 is 0 Å². The summed E-state index contributed by atoms with van der Waals surface area (Å²) in [4.78, 5) is 15.3. The molecule has 2 saturated heterocycles. The highest BCUT2D eigenvalue weighted by Gasteiger charge is 2.27. The van der Waals surface area contributed by atoms with Gasteiger partial charge in [-0.1, -0.05) is 6.42 Å². The van der Waals surface area contributed by atoms with E-state index >= 15 is 0 Å². The predicted molar refractivity (Wildman–Crippen MR) is 56.3 cm³/mol. The van der Waals surface area contributed by atoms with Gasteiger partial charge in [0.15, 0.2) is 0 Å². The smallest absolute Gasteiger partial charge is 0.133 e. The Bertz CT molecular complexity index is 190. The van der Waals surface area contributed by atoms with Gasteiger partial charge < -0.3 is 4.79 Å². The maximum Gasteiger partial charge on any atom is 0.133 e. The van der Waals surface area contributed by atoms with Gasteiger partial charge >= 0.3 is 0 Å². The molecule has 0 bridgehead atoms. The lowest BCUT2D eigenvalue weighted by molar-refractivity contribution is -0.108. The van der Waals surface area contributed by atoms with Crippen LogP contribution in [-0.2, 0) is 4.79 Å². The molecule has 0 N–H and O–H groups in total. The number of hydrogen-bond donors (Lipinski definition) is 0. The fraction of sp³-hybridized carbons (Fsp3) is 0.909. The summed E-state index contributed by atoms with van der Waals surface area (Å²) in [6, 6.07) is 0.732. The Hall–Kier alpha value is -0.410. The zero-order chi connectivity index (χ0) is 9.80. The van der Waals surface area contributed by atoms with Gasteiger partial charge in [0, 0.05) is 19.1 Å². The molecule has 14 heavy (non-hydrogen) atoms. The SMILES string of the molecule is O=CCN1CCC(N2CCCCC2)C1. The zero-order valence-electron chi connectivity index (χ0n) is 8.82. The Morgan fingerprint density at radius 3 is 2.64 bits per heavy atom. The number of aldehydes is 1. The van der Waals surface area contributed by atoms with Crippen LogP contribution in [0.5, 0.6) is 0 Å². The summed E-state index contributed by atoms with van der Waals surface area (Å²) >= 11 is 0. The molecule has 2 heterocycles. The van der Waals surface area contributed by atoms with Crippen LogP contribution in [0.1, 0.15) is 25.7 Å². The fourth-order valence-corrected chi connectivity index (χ4v) is 2.67. The number of carbonyl (C=O) groups is 1. The molecule has 2 aliphatic heterocycles. The topological polar surface area (TPSA) is 23.6 Å². The minimum Gasteiger partial charge on any atom is -0.302 e. The highest BCUT2D eigenvalue weighted by molar-refractivity contribution is 5.52. The number of likely N-dealkylation sites (tertiary alicyclic amines) is 2. The molecule has 0 radical (unpaired) electrons. The van der Waals surface area contributed by atoms with E-state index in [4.69, 9.17) is 0 Å². The summed E-state index contributed by atoms with van der Waals surface area (Å²) in [5.41, 5.74) is 0. The largest absolute Gasteiger partial charge is 0.302 e. The maximum atomic E-state index is 10.4. The van der Waals surface area contributed by atoms with Crippen LogP contribution in [0.3, 0.4) is 0 Å². The van der Waals surface area contributed by atoms with E-state index in [1.54, 1.807) is 0 Å². The molecule has 0 aliphatic carbocycles. The van der Waals surface area contributed by atoms with Crippen molar-refractivity contribution < 1.29 is 4.79 Å². The van der Waals surface area contributed by atoms with Crippen LogP contribution in [-0.4, -0.2) is 54.9 Å². The molecule has 3 nitrogen and oxygen atoms in total. The first-order valence-corrected chi connectivity index (χ1v) is 5.80. The van der Waals surface area contributed by atoms with Gasteiger partial charge in [0.1, 0.15) is 6.29 Å². The van der Waals surface area contributed by atoms with E-state index in [0.717, 1.165) is 25.4 Å². The van der Waals surface area contributed by atoms with Crippen molar-refractivity contribution in [2.24, 2.45) is 0 Å². The number of rotatable bonds is 3. The normalized spacial score (nSPS) is 30.7. The first-order valence-electron chi connectivity index (χ1n) is 5.80. The highest BCUT2D eigenvalue weighted by atomic mass is 16.1. The molecule has 2 aliphatic rings. The molecule has 0 aromatic carbocycles. The lowest BCUT2D eigenvalue weighted by Gasteiger charge is -2.32. The van der Waals surface area contributed by atoms with Crippen molar-refractivity contribution in [3.63, 3.8) is 0 Å². The second kappa shape index (κ2) is 4.89. The van der Waals surface area contributed by atoms with E-state index in [0.29, 0.717) is 6.54 Å². The number of nitrogens with zero attached hydrogens (tertiary/aromatic N) is 2. The van der Waals surface area contributed by atoms with Crippen LogP contribution in [0.2, 0.25) is 0 Å². The molecule has 1 unspecified atom stereocenters. The second-order valence-corrected chi connectivity index (χ2v) is 4.47. The molecule has 1 atom stereocenters. The molecule has 0 spiro atoms. The highest BCUT2D eigenvalue weighted by Crippen LogP contribution is 2.19. The summed E-state index contributed by atoms with van der Waals surface area (Å²) in [5, 5.41) is 0. The van der Waals surface area contributed by atoms with Crippen molar-refractivity contribution in [3.05, 3.63) is 0 Å². The van der Waals surface area contributed by atoms with Crippen molar-refractivity contribution in [2.45, 2.75) is 31.7 Å².